The van der Waals surface area contributed by atoms with Gasteiger partial charge in [-0.05, 0) is 81.9 Å². The van der Waals surface area contributed by atoms with Gasteiger partial charge in [-0.15, -0.1) is 0 Å². The molecule has 2 heterocycles. The second-order valence-corrected chi connectivity index (χ2v) is 13.0. The molecule has 2 nitrogen and oxygen atoms in total. The van der Waals surface area contributed by atoms with Crippen molar-refractivity contribution in [2.75, 3.05) is 0 Å². The van der Waals surface area contributed by atoms with Gasteiger partial charge in [0.1, 0.15) is 0 Å². The van der Waals surface area contributed by atoms with Crippen LogP contribution in [0.3, 0.4) is 0 Å². The SMILES string of the molecule is c1ccc(-c2ccc(-c3cccc(-n4c5ccccc5c5cc6c(cc54)c4ccccc4n6-c4ccc(-c5ccccc5)cc4)c3)cc2)cc1. The van der Waals surface area contributed by atoms with Crippen molar-refractivity contribution in [2.24, 2.45) is 0 Å². The van der Waals surface area contributed by atoms with Crippen LogP contribution in [0.15, 0.2) is 194 Å². The number of hydrogen-bond acceptors (Lipinski definition) is 0. The van der Waals surface area contributed by atoms with E-state index in [1.165, 1.54) is 77.0 Å². The molecular weight excluding hydrogens is 605 g/mol. The number of rotatable bonds is 5. The van der Waals surface area contributed by atoms with E-state index in [0.29, 0.717) is 0 Å². The predicted octanol–water partition coefficient (Wildman–Crippen LogP) is 12.9. The first-order valence-electron chi connectivity index (χ1n) is 17.2. The highest BCUT2D eigenvalue weighted by Crippen LogP contribution is 2.40. The van der Waals surface area contributed by atoms with Crippen molar-refractivity contribution >= 4 is 43.6 Å². The minimum Gasteiger partial charge on any atom is -0.309 e. The van der Waals surface area contributed by atoms with Gasteiger partial charge in [0.15, 0.2) is 0 Å². The second kappa shape index (κ2) is 11.5. The van der Waals surface area contributed by atoms with Crippen LogP contribution in [0.5, 0.6) is 0 Å². The van der Waals surface area contributed by atoms with E-state index in [2.05, 4.69) is 203 Å². The number of nitrogens with zero attached hydrogens (tertiary/aromatic N) is 2. The lowest BCUT2D eigenvalue weighted by molar-refractivity contribution is 1.17. The molecule has 0 spiro atoms. The summed E-state index contributed by atoms with van der Waals surface area (Å²) < 4.78 is 4.86. The third-order valence-electron chi connectivity index (χ3n) is 10.1. The molecule has 0 radical (unpaired) electrons. The maximum absolute atomic E-state index is 2.44. The van der Waals surface area contributed by atoms with E-state index < -0.39 is 0 Å². The average Bonchev–Trinajstić information content (AvgIpc) is 3.70. The van der Waals surface area contributed by atoms with Crippen LogP contribution in [0.4, 0.5) is 0 Å². The maximum atomic E-state index is 2.44. The van der Waals surface area contributed by atoms with Gasteiger partial charge in [0.2, 0.25) is 0 Å². The molecule has 2 aromatic heterocycles. The van der Waals surface area contributed by atoms with E-state index >= 15 is 0 Å². The lowest BCUT2D eigenvalue weighted by atomic mass is 10.00. The Balaban J connectivity index is 1.15. The van der Waals surface area contributed by atoms with Crippen molar-refractivity contribution in [1.29, 1.82) is 0 Å². The molecule has 0 unspecified atom stereocenters. The van der Waals surface area contributed by atoms with Crippen LogP contribution in [0, 0.1) is 0 Å². The molecule has 0 aliphatic heterocycles. The van der Waals surface area contributed by atoms with Crippen molar-refractivity contribution in [1.82, 2.24) is 9.13 Å². The van der Waals surface area contributed by atoms with E-state index in [-0.39, 0.29) is 0 Å². The highest BCUT2D eigenvalue weighted by atomic mass is 15.0. The van der Waals surface area contributed by atoms with Gasteiger partial charge < -0.3 is 9.13 Å². The molecule has 0 fully saturated rings. The number of benzene rings is 8. The van der Waals surface area contributed by atoms with Gasteiger partial charge >= 0.3 is 0 Å². The third kappa shape index (κ3) is 4.57. The molecule has 8 aromatic carbocycles. The normalized spacial score (nSPS) is 11.6. The Morgan fingerprint density at radius 2 is 0.620 bits per heavy atom. The van der Waals surface area contributed by atoms with Crippen molar-refractivity contribution < 1.29 is 0 Å². The standard InChI is InChI=1S/C48H32N2/c1-3-12-33(13-4-1)35-22-24-37(25-23-35)38-16-11-17-40(30-38)50-46-21-10-8-19-42(46)44-31-47-43(32-48(44)50)41-18-7-9-20-45(41)49(47)39-28-26-36(27-29-39)34-14-5-2-6-15-34/h1-32H. The zero-order valence-corrected chi connectivity index (χ0v) is 27.4. The zero-order chi connectivity index (χ0) is 33.0. The zero-order valence-electron chi connectivity index (χ0n) is 27.4. The molecule has 0 aliphatic carbocycles. The minimum absolute atomic E-state index is 1.15. The molecule has 234 valence electrons. The summed E-state index contributed by atoms with van der Waals surface area (Å²) in [6.07, 6.45) is 0. The van der Waals surface area contributed by atoms with Crippen LogP contribution in [0.1, 0.15) is 0 Å². The summed E-state index contributed by atoms with van der Waals surface area (Å²) in [4.78, 5) is 0. The van der Waals surface area contributed by atoms with Crippen LogP contribution >= 0.6 is 0 Å². The summed E-state index contributed by atoms with van der Waals surface area (Å²) in [5, 5.41) is 4.99. The molecule has 2 heteroatoms. The third-order valence-corrected chi connectivity index (χ3v) is 10.1. The molecule has 0 bridgehead atoms. The Bertz CT molecular complexity index is 2820. The highest BCUT2D eigenvalue weighted by molar-refractivity contribution is 6.19. The molecule has 10 rings (SSSR count). The van der Waals surface area contributed by atoms with Crippen molar-refractivity contribution in [3.8, 4) is 44.8 Å². The smallest absolute Gasteiger partial charge is 0.0548 e. The molecule has 0 aliphatic rings. The summed E-state index contributed by atoms with van der Waals surface area (Å²) in [5.74, 6) is 0. The van der Waals surface area contributed by atoms with Gasteiger partial charge in [0.05, 0.1) is 22.1 Å². The molecule has 10 aromatic rings. The largest absolute Gasteiger partial charge is 0.309 e. The van der Waals surface area contributed by atoms with Gasteiger partial charge in [-0.25, -0.2) is 0 Å². The van der Waals surface area contributed by atoms with Crippen LogP contribution < -0.4 is 0 Å². The van der Waals surface area contributed by atoms with Crippen molar-refractivity contribution in [3.63, 3.8) is 0 Å². The van der Waals surface area contributed by atoms with Crippen molar-refractivity contribution in [2.45, 2.75) is 0 Å². The highest BCUT2D eigenvalue weighted by Gasteiger charge is 2.18. The Hall–Kier alpha value is -6.64. The monoisotopic (exact) mass is 636 g/mol. The van der Waals surface area contributed by atoms with Crippen LogP contribution in [-0.2, 0) is 0 Å². The predicted molar refractivity (Wildman–Crippen MR) is 211 cm³/mol. The second-order valence-electron chi connectivity index (χ2n) is 13.0. The Morgan fingerprint density at radius 3 is 1.16 bits per heavy atom. The summed E-state index contributed by atoms with van der Waals surface area (Å²) >= 11 is 0. The minimum atomic E-state index is 1.15. The van der Waals surface area contributed by atoms with Gasteiger partial charge in [-0.2, -0.15) is 0 Å². The number of para-hydroxylation sites is 2. The fraction of sp³-hybridized carbons (Fsp3) is 0. The Labute approximate surface area is 290 Å². The Morgan fingerprint density at radius 1 is 0.220 bits per heavy atom. The first-order valence-corrected chi connectivity index (χ1v) is 17.2. The molecule has 50 heavy (non-hydrogen) atoms. The first kappa shape index (κ1) is 28.4. The summed E-state index contributed by atoms with van der Waals surface area (Å²) in [6.45, 7) is 0. The van der Waals surface area contributed by atoms with E-state index in [4.69, 9.17) is 0 Å². The molecule has 0 saturated carbocycles. The van der Waals surface area contributed by atoms with E-state index in [0.717, 1.165) is 11.4 Å². The topological polar surface area (TPSA) is 9.86 Å². The lowest BCUT2D eigenvalue weighted by Crippen LogP contribution is -1.95. The number of aromatic nitrogens is 2. The Kier molecular flexibility index (Phi) is 6.53. The van der Waals surface area contributed by atoms with Gasteiger partial charge in [-0.1, -0.05) is 146 Å². The average molecular weight is 637 g/mol. The van der Waals surface area contributed by atoms with E-state index in [1.807, 2.05) is 0 Å². The van der Waals surface area contributed by atoms with Crippen LogP contribution in [0.2, 0.25) is 0 Å². The van der Waals surface area contributed by atoms with E-state index in [9.17, 15) is 0 Å². The summed E-state index contributed by atoms with van der Waals surface area (Å²) in [7, 11) is 0. The first-order chi connectivity index (χ1) is 24.8. The van der Waals surface area contributed by atoms with Crippen LogP contribution in [0.25, 0.3) is 88.4 Å². The van der Waals surface area contributed by atoms with Gasteiger partial charge in [0, 0.05) is 32.9 Å². The fourth-order valence-electron chi connectivity index (χ4n) is 7.73. The lowest BCUT2D eigenvalue weighted by Gasteiger charge is -2.12. The summed E-state index contributed by atoms with van der Waals surface area (Å²) in [6, 6.07) is 70.4. The number of hydrogen-bond donors (Lipinski definition) is 0. The molecule has 0 saturated heterocycles. The quantitative estimate of drug-likeness (QED) is 0.178. The summed E-state index contributed by atoms with van der Waals surface area (Å²) in [5.41, 5.74) is 14.4. The number of fused-ring (bicyclic) bond motifs is 6. The molecule has 0 atom stereocenters. The van der Waals surface area contributed by atoms with E-state index in [1.54, 1.807) is 0 Å². The van der Waals surface area contributed by atoms with Crippen LogP contribution in [-0.4, -0.2) is 9.13 Å². The molecular formula is C48H32N2. The maximum Gasteiger partial charge on any atom is 0.0548 e. The molecule has 0 amide bonds. The van der Waals surface area contributed by atoms with Crippen molar-refractivity contribution in [3.05, 3.63) is 194 Å². The molecule has 0 N–H and O–H groups in total. The van der Waals surface area contributed by atoms with Gasteiger partial charge in [0.25, 0.3) is 0 Å². The van der Waals surface area contributed by atoms with Gasteiger partial charge in [-0.3, -0.25) is 0 Å². The fourth-order valence-corrected chi connectivity index (χ4v) is 7.73.